The quantitative estimate of drug-likeness (QED) is 0.766. The third-order valence-electron chi connectivity index (χ3n) is 2.58. The van der Waals surface area contributed by atoms with Crippen LogP contribution < -0.4 is 5.73 Å². The number of nitrogens with two attached hydrogens (primary N) is 1. The van der Waals surface area contributed by atoms with Crippen molar-refractivity contribution in [2.45, 2.75) is 39.9 Å². The molecule has 0 aromatic heterocycles. The van der Waals surface area contributed by atoms with Gasteiger partial charge < -0.3 is 5.73 Å². The van der Waals surface area contributed by atoms with Gasteiger partial charge in [-0.2, -0.15) is 11.8 Å². The second-order valence-electron chi connectivity index (χ2n) is 3.88. The lowest BCUT2D eigenvalue weighted by molar-refractivity contribution is -0.120. The molecule has 0 aliphatic rings. The Kier molecular flexibility index (Phi) is 5.93. The Hall–Kier alpha value is -0.440. The smallest absolute Gasteiger partial charge is 0.133 e. The minimum Gasteiger partial charge on any atom is -0.402 e. The maximum absolute atomic E-state index is 11.1. The summed E-state index contributed by atoms with van der Waals surface area (Å²) >= 11 is 1.79. The molecular weight excluding hydrogens is 194 g/mol. The number of allylic oxidation sites excluding steroid dienone is 1. The SMILES string of the molecule is CC(=O)C(C)C(C)SC/C(C)=C(/C)N. The van der Waals surface area contributed by atoms with Gasteiger partial charge in [-0.3, -0.25) is 4.79 Å². The van der Waals surface area contributed by atoms with Crippen molar-refractivity contribution < 1.29 is 4.79 Å². The zero-order valence-electron chi connectivity index (χ0n) is 9.76. The Labute approximate surface area is 91.3 Å². The first-order valence-electron chi connectivity index (χ1n) is 4.90. The first-order valence-corrected chi connectivity index (χ1v) is 5.95. The molecule has 0 aliphatic carbocycles. The van der Waals surface area contributed by atoms with E-state index in [4.69, 9.17) is 5.73 Å². The summed E-state index contributed by atoms with van der Waals surface area (Å²) in [4.78, 5) is 11.1. The van der Waals surface area contributed by atoms with Gasteiger partial charge in [0, 0.05) is 22.6 Å². The van der Waals surface area contributed by atoms with Crippen LogP contribution >= 0.6 is 11.8 Å². The molecule has 0 bridgehead atoms. The third kappa shape index (κ3) is 4.70. The normalized spacial score (nSPS) is 17.2. The summed E-state index contributed by atoms with van der Waals surface area (Å²) in [5.41, 5.74) is 7.75. The van der Waals surface area contributed by atoms with Crippen molar-refractivity contribution >= 4 is 17.5 Å². The minimum absolute atomic E-state index is 0.130. The van der Waals surface area contributed by atoms with E-state index in [9.17, 15) is 4.79 Å². The largest absolute Gasteiger partial charge is 0.402 e. The third-order valence-corrected chi connectivity index (χ3v) is 4.11. The summed E-state index contributed by atoms with van der Waals surface area (Å²) in [6.07, 6.45) is 0. The molecule has 0 aromatic carbocycles. The van der Waals surface area contributed by atoms with Gasteiger partial charge in [0.15, 0.2) is 0 Å². The maximum Gasteiger partial charge on any atom is 0.133 e. The molecule has 0 fully saturated rings. The first kappa shape index (κ1) is 13.6. The molecule has 0 saturated heterocycles. The summed E-state index contributed by atoms with van der Waals surface area (Å²) in [5.74, 6) is 1.31. The first-order chi connectivity index (χ1) is 6.36. The van der Waals surface area contributed by atoms with Crippen LogP contribution in [-0.4, -0.2) is 16.8 Å². The van der Waals surface area contributed by atoms with E-state index < -0.39 is 0 Å². The summed E-state index contributed by atoms with van der Waals surface area (Å²) in [6, 6.07) is 0. The number of carbonyl (C=O) groups is 1. The topological polar surface area (TPSA) is 43.1 Å². The molecule has 0 heterocycles. The molecule has 2 atom stereocenters. The highest BCUT2D eigenvalue weighted by atomic mass is 32.2. The molecule has 3 heteroatoms. The van der Waals surface area contributed by atoms with Gasteiger partial charge in [0.25, 0.3) is 0 Å². The molecule has 0 aromatic rings. The number of Topliss-reactive ketones (excluding diaryl/α,β-unsaturated/α-hetero) is 1. The molecule has 0 rings (SSSR count). The van der Waals surface area contributed by atoms with Gasteiger partial charge in [-0.1, -0.05) is 13.8 Å². The average molecular weight is 215 g/mol. The van der Waals surface area contributed by atoms with Crippen molar-refractivity contribution in [3.8, 4) is 0 Å². The highest BCUT2D eigenvalue weighted by molar-refractivity contribution is 8.00. The van der Waals surface area contributed by atoms with Crippen LogP contribution in [-0.2, 0) is 4.79 Å². The van der Waals surface area contributed by atoms with Crippen LogP contribution in [0.25, 0.3) is 0 Å². The zero-order chi connectivity index (χ0) is 11.3. The van der Waals surface area contributed by atoms with Crippen molar-refractivity contribution in [1.82, 2.24) is 0 Å². The number of hydrogen-bond donors (Lipinski definition) is 1. The molecule has 82 valence electrons. The molecule has 2 unspecified atom stereocenters. The van der Waals surface area contributed by atoms with Crippen molar-refractivity contribution in [2.24, 2.45) is 11.7 Å². The monoisotopic (exact) mass is 215 g/mol. The summed E-state index contributed by atoms with van der Waals surface area (Å²) in [6.45, 7) is 9.67. The lowest BCUT2D eigenvalue weighted by Crippen LogP contribution is -2.18. The molecule has 14 heavy (non-hydrogen) atoms. The fourth-order valence-corrected chi connectivity index (χ4v) is 2.07. The van der Waals surface area contributed by atoms with E-state index in [0.29, 0.717) is 5.25 Å². The maximum atomic E-state index is 11.1. The van der Waals surface area contributed by atoms with Gasteiger partial charge in [-0.05, 0) is 26.3 Å². The standard InChI is InChI=1S/C11H21NOS/c1-7(9(3)12)6-14-11(5)8(2)10(4)13/h8,11H,6,12H2,1-5H3/b9-7-. The minimum atomic E-state index is 0.130. The summed E-state index contributed by atoms with van der Waals surface area (Å²) < 4.78 is 0. The van der Waals surface area contributed by atoms with Crippen LogP contribution in [0, 0.1) is 5.92 Å². The number of thioether (sulfide) groups is 1. The van der Waals surface area contributed by atoms with Crippen molar-refractivity contribution in [1.29, 1.82) is 0 Å². The Balaban J connectivity index is 4.03. The van der Waals surface area contributed by atoms with Crippen molar-refractivity contribution in [2.75, 3.05) is 5.75 Å². The molecule has 0 amide bonds. The second-order valence-corrected chi connectivity index (χ2v) is 5.24. The molecule has 2 nitrogen and oxygen atoms in total. The number of hydrogen-bond acceptors (Lipinski definition) is 3. The average Bonchev–Trinajstić information content (AvgIpc) is 2.11. The van der Waals surface area contributed by atoms with E-state index in [1.54, 1.807) is 18.7 Å². The zero-order valence-corrected chi connectivity index (χ0v) is 10.6. The fourth-order valence-electron chi connectivity index (χ4n) is 0.845. The van der Waals surface area contributed by atoms with Gasteiger partial charge in [0.05, 0.1) is 0 Å². The molecule has 0 spiro atoms. The van der Waals surface area contributed by atoms with Gasteiger partial charge in [0.1, 0.15) is 5.78 Å². The Morgan fingerprint density at radius 1 is 1.29 bits per heavy atom. The molecular formula is C11H21NOS. The molecule has 0 aliphatic heterocycles. The number of carbonyl (C=O) groups excluding carboxylic acids is 1. The van der Waals surface area contributed by atoms with Crippen LogP contribution in [0.15, 0.2) is 11.3 Å². The number of rotatable bonds is 5. The van der Waals surface area contributed by atoms with Gasteiger partial charge in [-0.15, -0.1) is 0 Å². The highest BCUT2D eigenvalue weighted by Crippen LogP contribution is 2.22. The van der Waals surface area contributed by atoms with Crippen LogP contribution in [0.2, 0.25) is 0 Å². The van der Waals surface area contributed by atoms with E-state index in [-0.39, 0.29) is 11.7 Å². The fraction of sp³-hybridized carbons (Fsp3) is 0.727. The van der Waals surface area contributed by atoms with Gasteiger partial charge in [0.2, 0.25) is 0 Å². The van der Waals surface area contributed by atoms with Crippen LogP contribution in [0.5, 0.6) is 0 Å². The molecule has 0 radical (unpaired) electrons. The molecule has 0 saturated carbocycles. The Morgan fingerprint density at radius 2 is 1.79 bits per heavy atom. The van der Waals surface area contributed by atoms with Gasteiger partial charge in [-0.25, -0.2) is 0 Å². The van der Waals surface area contributed by atoms with Crippen LogP contribution in [0.3, 0.4) is 0 Å². The predicted octanol–water partition coefficient (Wildman–Crippen LogP) is 2.59. The van der Waals surface area contributed by atoms with E-state index in [1.807, 2.05) is 20.8 Å². The molecule has 2 N–H and O–H groups in total. The van der Waals surface area contributed by atoms with E-state index >= 15 is 0 Å². The van der Waals surface area contributed by atoms with E-state index in [0.717, 1.165) is 11.4 Å². The van der Waals surface area contributed by atoms with Gasteiger partial charge >= 0.3 is 0 Å². The van der Waals surface area contributed by atoms with E-state index in [1.165, 1.54) is 5.57 Å². The lowest BCUT2D eigenvalue weighted by atomic mass is 10.1. The Morgan fingerprint density at radius 3 is 2.14 bits per heavy atom. The Bertz CT molecular complexity index is 231. The van der Waals surface area contributed by atoms with Crippen molar-refractivity contribution in [3.05, 3.63) is 11.3 Å². The summed E-state index contributed by atoms with van der Waals surface area (Å²) in [5, 5.41) is 0.363. The summed E-state index contributed by atoms with van der Waals surface area (Å²) in [7, 11) is 0. The number of ketones is 1. The highest BCUT2D eigenvalue weighted by Gasteiger charge is 2.16. The predicted molar refractivity (Wildman–Crippen MR) is 64.3 cm³/mol. The van der Waals surface area contributed by atoms with Crippen LogP contribution in [0.4, 0.5) is 0 Å². The van der Waals surface area contributed by atoms with Crippen LogP contribution in [0.1, 0.15) is 34.6 Å². The lowest BCUT2D eigenvalue weighted by Gasteiger charge is -2.17. The van der Waals surface area contributed by atoms with Crippen molar-refractivity contribution in [3.63, 3.8) is 0 Å². The van der Waals surface area contributed by atoms with E-state index in [2.05, 4.69) is 6.92 Å². The second kappa shape index (κ2) is 6.12.